The number of aliphatic hydroxyl groups excluding tert-OH is 1. The van der Waals surface area contributed by atoms with Crippen LogP contribution < -0.4 is 5.73 Å². The van der Waals surface area contributed by atoms with Crippen LogP contribution in [0.25, 0.3) is 10.9 Å². The predicted octanol–water partition coefficient (Wildman–Crippen LogP) is 2.84. The third-order valence-corrected chi connectivity index (χ3v) is 3.72. The van der Waals surface area contributed by atoms with Crippen molar-refractivity contribution in [2.24, 2.45) is 5.73 Å². The van der Waals surface area contributed by atoms with E-state index in [4.69, 9.17) is 5.73 Å². The van der Waals surface area contributed by atoms with Gasteiger partial charge >= 0.3 is 0 Å². The van der Waals surface area contributed by atoms with E-state index in [1.165, 1.54) is 0 Å². The smallest absolute Gasteiger partial charge is 0.0951 e. The van der Waals surface area contributed by atoms with Crippen LogP contribution in [0.2, 0.25) is 0 Å². The number of hydrogen-bond donors (Lipinski definition) is 2. The first-order chi connectivity index (χ1) is 10.3. The van der Waals surface area contributed by atoms with Crippen LogP contribution in [0, 0.1) is 0 Å². The van der Waals surface area contributed by atoms with Gasteiger partial charge in [-0.2, -0.15) is 0 Å². The molecular formula is C18H18N2O. The molecule has 3 N–H and O–H groups in total. The van der Waals surface area contributed by atoms with Crippen LogP contribution in [-0.2, 0) is 6.42 Å². The summed E-state index contributed by atoms with van der Waals surface area (Å²) in [6, 6.07) is 19.3. The fraction of sp³-hybridized carbons (Fsp3) is 0.167. The van der Waals surface area contributed by atoms with Gasteiger partial charge in [-0.3, -0.25) is 4.98 Å². The molecule has 2 aromatic carbocycles. The van der Waals surface area contributed by atoms with Crippen molar-refractivity contribution in [1.29, 1.82) is 0 Å². The summed E-state index contributed by atoms with van der Waals surface area (Å²) in [6.07, 6.45) is 1.65. The van der Waals surface area contributed by atoms with Crippen LogP contribution in [0.1, 0.15) is 17.2 Å². The van der Waals surface area contributed by atoms with E-state index in [9.17, 15) is 5.11 Å². The summed E-state index contributed by atoms with van der Waals surface area (Å²) in [5.74, 6) is 0. The van der Waals surface area contributed by atoms with E-state index in [1.807, 2.05) is 60.7 Å². The highest BCUT2D eigenvalue weighted by Crippen LogP contribution is 2.25. The van der Waals surface area contributed by atoms with Crippen molar-refractivity contribution in [3.8, 4) is 0 Å². The minimum Gasteiger partial charge on any atom is -0.387 e. The average Bonchev–Trinajstić information content (AvgIpc) is 2.54. The maximum atomic E-state index is 10.6. The highest BCUT2D eigenvalue weighted by molar-refractivity contribution is 5.82. The van der Waals surface area contributed by atoms with Gasteiger partial charge in [0.25, 0.3) is 0 Å². The molecule has 3 aromatic rings. The Morgan fingerprint density at radius 1 is 0.952 bits per heavy atom. The molecule has 3 rings (SSSR count). The number of pyridine rings is 1. The van der Waals surface area contributed by atoms with Gasteiger partial charge in [0.2, 0.25) is 0 Å². The number of nitrogens with zero attached hydrogens (tertiary/aromatic N) is 1. The van der Waals surface area contributed by atoms with Gasteiger partial charge < -0.3 is 10.8 Å². The van der Waals surface area contributed by atoms with E-state index in [0.717, 1.165) is 22.0 Å². The Kier molecular flexibility index (Phi) is 3.95. The fourth-order valence-corrected chi connectivity index (χ4v) is 2.60. The number of benzene rings is 2. The molecule has 0 fully saturated rings. The summed E-state index contributed by atoms with van der Waals surface area (Å²) in [7, 11) is 0. The Balaban J connectivity index is 1.88. The third kappa shape index (κ3) is 2.94. The second-order valence-corrected chi connectivity index (χ2v) is 5.22. The minimum atomic E-state index is -0.710. The first-order valence-corrected chi connectivity index (χ1v) is 7.07. The number of hydrogen-bond acceptors (Lipinski definition) is 3. The lowest BCUT2D eigenvalue weighted by atomic mass is 9.95. The normalized spacial score (nSPS) is 14.0. The molecule has 0 aliphatic heterocycles. The molecule has 0 radical (unpaired) electrons. The van der Waals surface area contributed by atoms with Crippen molar-refractivity contribution in [1.82, 2.24) is 4.98 Å². The molecule has 2 atom stereocenters. The Morgan fingerprint density at radius 3 is 2.48 bits per heavy atom. The number of rotatable bonds is 4. The average molecular weight is 278 g/mol. The SMILES string of the molecule is NC(Cc1ccccc1)C(O)c1ccnc2ccccc12. The molecule has 3 heteroatoms. The van der Waals surface area contributed by atoms with Gasteiger partial charge in [-0.15, -0.1) is 0 Å². The summed E-state index contributed by atoms with van der Waals surface area (Å²) >= 11 is 0. The number of para-hydroxylation sites is 1. The number of nitrogens with two attached hydrogens (primary N) is 1. The fourth-order valence-electron chi connectivity index (χ4n) is 2.60. The summed E-state index contributed by atoms with van der Waals surface area (Å²) in [5, 5.41) is 11.6. The molecule has 106 valence electrons. The monoisotopic (exact) mass is 278 g/mol. The molecule has 3 nitrogen and oxygen atoms in total. The summed E-state index contributed by atoms with van der Waals surface area (Å²) in [4.78, 5) is 4.32. The standard InChI is InChI=1S/C18H18N2O/c19-16(12-13-6-2-1-3-7-13)18(21)15-10-11-20-17-9-5-4-8-14(15)17/h1-11,16,18,21H,12,19H2. The molecule has 0 saturated carbocycles. The number of aliphatic hydroxyl groups is 1. The van der Waals surface area contributed by atoms with Crippen LogP contribution in [0.15, 0.2) is 66.9 Å². The lowest BCUT2D eigenvalue weighted by Crippen LogP contribution is -2.30. The Bertz CT molecular complexity index is 722. The van der Waals surface area contributed by atoms with E-state index < -0.39 is 6.10 Å². The summed E-state index contributed by atoms with van der Waals surface area (Å²) in [6.45, 7) is 0. The molecule has 2 unspecified atom stereocenters. The van der Waals surface area contributed by atoms with Crippen LogP contribution >= 0.6 is 0 Å². The second-order valence-electron chi connectivity index (χ2n) is 5.22. The third-order valence-electron chi connectivity index (χ3n) is 3.72. The molecule has 0 aliphatic carbocycles. The molecule has 1 aromatic heterocycles. The first kappa shape index (κ1) is 13.7. The lowest BCUT2D eigenvalue weighted by molar-refractivity contribution is 0.147. The quantitative estimate of drug-likeness (QED) is 0.771. The number of fused-ring (bicyclic) bond motifs is 1. The molecular weight excluding hydrogens is 260 g/mol. The van der Waals surface area contributed by atoms with Gasteiger partial charge in [0.05, 0.1) is 11.6 Å². The molecule has 1 heterocycles. The molecule has 0 saturated heterocycles. The molecule has 0 aliphatic rings. The highest BCUT2D eigenvalue weighted by atomic mass is 16.3. The van der Waals surface area contributed by atoms with Crippen molar-refractivity contribution < 1.29 is 5.11 Å². The minimum absolute atomic E-state index is 0.349. The highest BCUT2D eigenvalue weighted by Gasteiger charge is 2.19. The van der Waals surface area contributed by atoms with Crippen molar-refractivity contribution in [2.75, 3.05) is 0 Å². The van der Waals surface area contributed by atoms with Crippen LogP contribution in [0.3, 0.4) is 0 Å². The van der Waals surface area contributed by atoms with Gasteiger partial charge in [-0.25, -0.2) is 0 Å². The van der Waals surface area contributed by atoms with Gasteiger partial charge in [-0.05, 0) is 29.7 Å². The molecule has 0 amide bonds. The van der Waals surface area contributed by atoms with Crippen LogP contribution in [0.4, 0.5) is 0 Å². The van der Waals surface area contributed by atoms with Crippen molar-refractivity contribution in [2.45, 2.75) is 18.6 Å². The lowest BCUT2D eigenvalue weighted by Gasteiger charge is -2.20. The van der Waals surface area contributed by atoms with Crippen molar-refractivity contribution in [3.05, 3.63) is 78.0 Å². The van der Waals surface area contributed by atoms with Gasteiger partial charge in [-0.1, -0.05) is 48.5 Å². The van der Waals surface area contributed by atoms with Crippen LogP contribution in [-0.4, -0.2) is 16.1 Å². The Hall–Kier alpha value is -2.23. The van der Waals surface area contributed by atoms with E-state index >= 15 is 0 Å². The first-order valence-electron chi connectivity index (χ1n) is 7.07. The van der Waals surface area contributed by atoms with Crippen LogP contribution in [0.5, 0.6) is 0 Å². The maximum absolute atomic E-state index is 10.6. The predicted molar refractivity (Wildman–Crippen MR) is 84.8 cm³/mol. The summed E-state index contributed by atoms with van der Waals surface area (Å²) < 4.78 is 0. The largest absolute Gasteiger partial charge is 0.387 e. The van der Waals surface area contributed by atoms with Crippen molar-refractivity contribution >= 4 is 10.9 Å². The van der Waals surface area contributed by atoms with E-state index in [2.05, 4.69) is 4.98 Å². The summed E-state index contributed by atoms with van der Waals surface area (Å²) in [5.41, 5.74) is 9.04. The zero-order chi connectivity index (χ0) is 14.7. The zero-order valence-electron chi connectivity index (χ0n) is 11.7. The van der Waals surface area contributed by atoms with Gasteiger partial charge in [0, 0.05) is 17.6 Å². The number of aromatic nitrogens is 1. The second kappa shape index (κ2) is 6.04. The molecule has 0 spiro atoms. The Labute approximate surface area is 124 Å². The van der Waals surface area contributed by atoms with E-state index in [0.29, 0.717) is 6.42 Å². The van der Waals surface area contributed by atoms with E-state index in [-0.39, 0.29) is 6.04 Å². The topological polar surface area (TPSA) is 59.1 Å². The molecule has 21 heavy (non-hydrogen) atoms. The maximum Gasteiger partial charge on any atom is 0.0951 e. The van der Waals surface area contributed by atoms with E-state index in [1.54, 1.807) is 6.20 Å². The molecule has 0 bridgehead atoms. The van der Waals surface area contributed by atoms with Gasteiger partial charge in [0.15, 0.2) is 0 Å². The zero-order valence-corrected chi connectivity index (χ0v) is 11.7. The Morgan fingerprint density at radius 2 is 1.67 bits per heavy atom. The van der Waals surface area contributed by atoms with Crippen molar-refractivity contribution in [3.63, 3.8) is 0 Å². The van der Waals surface area contributed by atoms with Gasteiger partial charge in [0.1, 0.15) is 0 Å².